The molecular weight excluding hydrogens is 306 g/mol. The van der Waals surface area contributed by atoms with Crippen LogP contribution in [0.2, 0.25) is 0 Å². The van der Waals surface area contributed by atoms with E-state index < -0.39 is 0 Å². The van der Waals surface area contributed by atoms with Crippen molar-refractivity contribution in [3.8, 4) is 11.3 Å². The molecule has 0 spiro atoms. The molecule has 0 unspecified atom stereocenters. The third kappa shape index (κ3) is 2.07. The van der Waals surface area contributed by atoms with Crippen molar-refractivity contribution in [2.75, 3.05) is 0 Å². The van der Waals surface area contributed by atoms with E-state index in [9.17, 15) is 0 Å². The van der Waals surface area contributed by atoms with Crippen molar-refractivity contribution < 1.29 is 8.98 Å². The number of nitrogens with zero attached hydrogens (tertiary/aromatic N) is 1. The number of furan rings is 1. The first-order chi connectivity index (χ1) is 12.2. The van der Waals surface area contributed by atoms with Crippen molar-refractivity contribution in [2.24, 2.45) is 7.05 Å². The monoisotopic (exact) mass is 324 g/mol. The summed E-state index contributed by atoms with van der Waals surface area (Å²) in [6.07, 6.45) is 0. The number of hydrogen-bond donors (Lipinski definition) is 0. The molecule has 0 aliphatic rings. The molecule has 0 radical (unpaired) electrons. The van der Waals surface area contributed by atoms with Crippen molar-refractivity contribution in [3.05, 3.63) is 78.4 Å². The van der Waals surface area contributed by atoms with Gasteiger partial charge in [0.2, 0.25) is 5.69 Å². The largest absolute Gasteiger partial charge is 0.449 e. The topological polar surface area (TPSA) is 17.0 Å². The van der Waals surface area contributed by atoms with Gasteiger partial charge in [-0.3, -0.25) is 0 Å². The van der Waals surface area contributed by atoms with Crippen LogP contribution in [-0.4, -0.2) is 0 Å². The van der Waals surface area contributed by atoms with E-state index in [0.717, 1.165) is 22.1 Å². The molecule has 0 fully saturated rings. The molecule has 5 rings (SSSR count). The fraction of sp³-hybridized carbons (Fsp3) is 0.0870. The van der Waals surface area contributed by atoms with Crippen molar-refractivity contribution in [1.29, 1.82) is 0 Å². The molecule has 0 aliphatic heterocycles. The average Bonchev–Trinajstić information content (AvgIpc) is 2.99. The second kappa shape index (κ2) is 5.18. The summed E-state index contributed by atoms with van der Waals surface area (Å²) in [7, 11) is 2.12. The second-order valence-electron chi connectivity index (χ2n) is 6.60. The Hall–Kier alpha value is -3.13. The van der Waals surface area contributed by atoms with Crippen molar-refractivity contribution in [2.45, 2.75) is 6.92 Å². The summed E-state index contributed by atoms with van der Waals surface area (Å²) in [5.74, 6) is 0. The fourth-order valence-electron chi connectivity index (χ4n) is 3.76. The van der Waals surface area contributed by atoms with Crippen LogP contribution in [0.5, 0.6) is 0 Å². The van der Waals surface area contributed by atoms with Gasteiger partial charge in [0, 0.05) is 11.6 Å². The Labute approximate surface area is 145 Å². The maximum absolute atomic E-state index is 6.14. The van der Waals surface area contributed by atoms with Gasteiger partial charge in [0.05, 0.1) is 5.39 Å². The molecule has 0 atom stereocenters. The Balaban J connectivity index is 1.89. The van der Waals surface area contributed by atoms with Crippen molar-refractivity contribution in [1.82, 2.24) is 0 Å². The van der Waals surface area contributed by atoms with E-state index in [1.807, 2.05) is 0 Å². The molecule has 0 amide bonds. The first-order valence-corrected chi connectivity index (χ1v) is 8.52. The lowest BCUT2D eigenvalue weighted by molar-refractivity contribution is -0.632. The van der Waals surface area contributed by atoms with E-state index >= 15 is 0 Å². The minimum absolute atomic E-state index is 0.921. The lowest BCUT2D eigenvalue weighted by Crippen LogP contribution is -2.31. The highest BCUT2D eigenvalue weighted by Crippen LogP contribution is 2.32. The van der Waals surface area contributed by atoms with E-state index in [2.05, 4.69) is 91.3 Å². The maximum Gasteiger partial charge on any atom is 0.259 e. The highest BCUT2D eigenvalue weighted by Gasteiger charge is 2.21. The van der Waals surface area contributed by atoms with Crippen molar-refractivity contribution in [3.63, 3.8) is 0 Å². The predicted octanol–water partition coefficient (Wildman–Crippen LogP) is 5.54. The Morgan fingerprint density at radius 2 is 1.48 bits per heavy atom. The van der Waals surface area contributed by atoms with Gasteiger partial charge in [0.1, 0.15) is 12.6 Å². The highest BCUT2D eigenvalue weighted by atomic mass is 16.3. The lowest BCUT2D eigenvalue weighted by atomic mass is 10.0. The first-order valence-electron chi connectivity index (χ1n) is 8.52. The van der Waals surface area contributed by atoms with Crippen LogP contribution in [0.4, 0.5) is 0 Å². The summed E-state index contributed by atoms with van der Waals surface area (Å²) in [5, 5.41) is 3.60. The van der Waals surface area contributed by atoms with Crippen LogP contribution in [-0.2, 0) is 7.05 Å². The third-order valence-electron chi connectivity index (χ3n) is 5.07. The van der Waals surface area contributed by atoms with Crippen LogP contribution < -0.4 is 4.57 Å². The SMILES string of the molecule is Cc1ccccc1-c1ccc2oc3cc4ccccc4cc3c2[n+]1C. The molecule has 2 heterocycles. The lowest BCUT2D eigenvalue weighted by Gasteiger charge is -2.04. The Bertz CT molecular complexity index is 1260. The molecule has 3 aromatic carbocycles. The maximum atomic E-state index is 6.14. The first kappa shape index (κ1) is 14.2. The number of benzene rings is 3. The smallest absolute Gasteiger partial charge is 0.259 e. The van der Waals surface area contributed by atoms with Crippen LogP contribution >= 0.6 is 0 Å². The van der Waals surface area contributed by atoms with Gasteiger partial charge >= 0.3 is 0 Å². The van der Waals surface area contributed by atoms with Gasteiger partial charge in [-0.25, -0.2) is 0 Å². The van der Waals surface area contributed by atoms with Crippen LogP contribution in [0.15, 0.2) is 77.2 Å². The Morgan fingerprint density at radius 3 is 2.28 bits per heavy atom. The molecule has 0 aliphatic carbocycles. The summed E-state index contributed by atoms with van der Waals surface area (Å²) in [6.45, 7) is 2.15. The molecular formula is C23H18NO+. The Morgan fingerprint density at radius 1 is 0.760 bits per heavy atom. The summed E-state index contributed by atoms with van der Waals surface area (Å²) in [6, 6.07) is 25.5. The molecule has 0 saturated carbocycles. The summed E-state index contributed by atoms with van der Waals surface area (Å²) in [5.41, 5.74) is 6.72. The zero-order chi connectivity index (χ0) is 17.0. The van der Waals surface area contributed by atoms with Gasteiger partial charge in [0.25, 0.3) is 5.52 Å². The summed E-state index contributed by atoms with van der Waals surface area (Å²) >= 11 is 0. The van der Waals surface area contributed by atoms with E-state index in [1.165, 1.54) is 27.6 Å². The van der Waals surface area contributed by atoms with E-state index in [4.69, 9.17) is 4.42 Å². The third-order valence-corrected chi connectivity index (χ3v) is 5.07. The van der Waals surface area contributed by atoms with Gasteiger partial charge in [0.15, 0.2) is 5.58 Å². The molecule has 2 heteroatoms. The molecule has 0 saturated heterocycles. The number of fused-ring (bicyclic) bond motifs is 4. The van der Waals surface area contributed by atoms with Gasteiger partial charge in [-0.2, -0.15) is 4.57 Å². The second-order valence-corrected chi connectivity index (χ2v) is 6.60. The predicted molar refractivity (Wildman–Crippen MR) is 103 cm³/mol. The van der Waals surface area contributed by atoms with Crippen LogP contribution in [0.1, 0.15) is 5.56 Å². The molecule has 0 N–H and O–H groups in total. The van der Waals surface area contributed by atoms with Gasteiger partial charge in [-0.15, -0.1) is 0 Å². The Kier molecular flexibility index (Phi) is 2.95. The molecule has 25 heavy (non-hydrogen) atoms. The minimum Gasteiger partial charge on any atom is -0.449 e. The zero-order valence-corrected chi connectivity index (χ0v) is 14.3. The van der Waals surface area contributed by atoms with Crippen LogP contribution in [0.3, 0.4) is 0 Å². The number of aromatic nitrogens is 1. The van der Waals surface area contributed by atoms with Crippen LogP contribution in [0.25, 0.3) is 44.1 Å². The van der Waals surface area contributed by atoms with E-state index in [0.29, 0.717) is 0 Å². The zero-order valence-electron chi connectivity index (χ0n) is 14.3. The van der Waals surface area contributed by atoms with Gasteiger partial charge < -0.3 is 4.42 Å². The minimum atomic E-state index is 0.921. The quantitative estimate of drug-likeness (QED) is 0.370. The normalized spacial score (nSPS) is 11.6. The summed E-state index contributed by atoms with van der Waals surface area (Å²) in [4.78, 5) is 0. The highest BCUT2D eigenvalue weighted by molar-refractivity contribution is 6.07. The van der Waals surface area contributed by atoms with Gasteiger partial charge in [-0.05, 0) is 47.5 Å². The number of hydrogen-bond acceptors (Lipinski definition) is 1. The van der Waals surface area contributed by atoms with E-state index in [-0.39, 0.29) is 0 Å². The molecule has 2 aromatic heterocycles. The van der Waals surface area contributed by atoms with Crippen LogP contribution in [0, 0.1) is 6.92 Å². The number of rotatable bonds is 1. The molecule has 5 aromatic rings. The van der Waals surface area contributed by atoms with Gasteiger partial charge in [-0.1, -0.05) is 42.5 Å². The molecule has 120 valence electrons. The number of aryl methyl sites for hydroxylation is 2. The number of pyridine rings is 1. The van der Waals surface area contributed by atoms with E-state index in [1.54, 1.807) is 0 Å². The average molecular weight is 324 g/mol. The van der Waals surface area contributed by atoms with Crippen molar-refractivity contribution >= 4 is 32.8 Å². The summed E-state index contributed by atoms with van der Waals surface area (Å²) < 4.78 is 8.39. The standard InChI is InChI=1S/C23H18NO/c1-15-7-3-6-10-18(15)20-11-12-21-23(24(20)2)19-13-16-8-4-5-9-17(16)14-22(19)25-21/h3-14H,1-2H3/q+1. The molecule has 0 bridgehead atoms. The molecule has 2 nitrogen and oxygen atoms in total. The fourth-order valence-corrected chi connectivity index (χ4v) is 3.76.